The van der Waals surface area contributed by atoms with Crippen LogP contribution in [0.2, 0.25) is 0 Å². The summed E-state index contributed by atoms with van der Waals surface area (Å²) in [7, 11) is 0. The van der Waals surface area contributed by atoms with Gasteiger partial charge in [-0.05, 0) is 52.1 Å². The van der Waals surface area contributed by atoms with Gasteiger partial charge in [-0.2, -0.15) is 5.10 Å². The molecule has 0 aromatic carbocycles. The van der Waals surface area contributed by atoms with Gasteiger partial charge in [0.2, 0.25) is 0 Å². The Morgan fingerprint density at radius 2 is 2.00 bits per heavy atom. The zero-order valence-electron chi connectivity index (χ0n) is 11.1. The van der Waals surface area contributed by atoms with Crippen molar-refractivity contribution in [3.8, 4) is 0 Å². The van der Waals surface area contributed by atoms with Crippen molar-refractivity contribution in [2.24, 2.45) is 0 Å². The van der Waals surface area contributed by atoms with Gasteiger partial charge in [0, 0.05) is 23.2 Å². The third-order valence-electron chi connectivity index (χ3n) is 4.70. The maximum absolute atomic E-state index is 4.83. The number of aromatic nitrogens is 2. The van der Waals surface area contributed by atoms with Crippen molar-refractivity contribution >= 4 is 0 Å². The van der Waals surface area contributed by atoms with Crippen LogP contribution < -0.4 is 5.32 Å². The summed E-state index contributed by atoms with van der Waals surface area (Å²) in [6, 6.07) is 0. The van der Waals surface area contributed by atoms with Crippen LogP contribution in [0.15, 0.2) is 0 Å². The highest BCUT2D eigenvalue weighted by atomic mass is 15.3. The molecule has 0 saturated carbocycles. The van der Waals surface area contributed by atoms with Gasteiger partial charge in [-0.1, -0.05) is 6.92 Å². The Labute approximate surface area is 104 Å². The van der Waals surface area contributed by atoms with Gasteiger partial charge in [-0.15, -0.1) is 0 Å². The molecule has 1 aromatic rings. The first-order valence-electron chi connectivity index (χ1n) is 7.10. The van der Waals surface area contributed by atoms with E-state index in [0.717, 1.165) is 13.0 Å². The minimum atomic E-state index is 0.472. The first kappa shape index (κ1) is 11.3. The second kappa shape index (κ2) is 4.13. The largest absolute Gasteiger partial charge is 0.317 e. The molecular weight excluding hydrogens is 210 g/mol. The van der Waals surface area contributed by atoms with Crippen LogP contribution in [0, 0.1) is 0 Å². The van der Waals surface area contributed by atoms with Crippen molar-refractivity contribution in [3.63, 3.8) is 0 Å². The summed E-state index contributed by atoms with van der Waals surface area (Å²) in [4.78, 5) is 0. The average molecular weight is 233 g/mol. The Morgan fingerprint density at radius 3 is 2.65 bits per heavy atom. The molecule has 1 aliphatic carbocycles. The van der Waals surface area contributed by atoms with E-state index >= 15 is 0 Å². The van der Waals surface area contributed by atoms with Gasteiger partial charge in [0.1, 0.15) is 0 Å². The van der Waals surface area contributed by atoms with Gasteiger partial charge < -0.3 is 5.32 Å². The highest BCUT2D eigenvalue weighted by molar-refractivity contribution is 5.40. The van der Waals surface area contributed by atoms with Crippen molar-refractivity contribution in [1.29, 1.82) is 0 Å². The summed E-state index contributed by atoms with van der Waals surface area (Å²) in [5, 5.41) is 8.32. The maximum Gasteiger partial charge on any atom is 0.0665 e. The van der Waals surface area contributed by atoms with E-state index in [9.17, 15) is 0 Å². The van der Waals surface area contributed by atoms with E-state index in [0.29, 0.717) is 5.41 Å². The molecule has 1 saturated heterocycles. The quantitative estimate of drug-likeness (QED) is 0.847. The molecule has 2 heterocycles. The van der Waals surface area contributed by atoms with Crippen LogP contribution in [0.25, 0.3) is 0 Å². The monoisotopic (exact) mass is 233 g/mol. The molecule has 17 heavy (non-hydrogen) atoms. The standard InChI is InChI=1S/C14H23N3/c1-3-12-13-11(16-17(12)4-2)5-6-14(13)7-9-15-10-8-14/h15H,3-10H2,1-2H3. The van der Waals surface area contributed by atoms with Crippen LogP contribution >= 0.6 is 0 Å². The third kappa shape index (κ3) is 1.55. The minimum Gasteiger partial charge on any atom is -0.317 e. The van der Waals surface area contributed by atoms with Crippen LogP contribution in [0.3, 0.4) is 0 Å². The molecule has 1 N–H and O–H groups in total. The molecule has 0 bridgehead atoms. The Morgan fingerprint density at radius 1 is 1.24 bits per heavy atom. The number of nitrogens with one attached hydrogen (secondary N) is 1. The molecule has 94 valence electrons. The molecule has 3 heteroatoms. The van der Waals surface area contributed by atoms with Crippen molar-refractivity contribution in [2.75, 3.05) is 13.1 Å². The Hall–Kier alpha value is -0.830. The summed E-state index contributed by atoms with van der Waals surface area (Å²) in [6.07, 6.45) is 6.29. The number of hydrogen-bond acceptors (Lipinski definition) is 2. The SMILES string of the molecule is CCc1c2c(nn1CC)CCC21CCNCC1. The lowest BCUT2D eigenvalue weighted by Crippen LogP contribution is -2.38. The highest BCUT2D eigenvalue weighted by Crippen LogP contribution is 2.46. The Kier molecular flexibility index (Phi) is 2.74. The molecule has 2 aliphatic rings. The van der Waals surface area contributed by atoms with E-state index in [1.54, 1.807) is 5.56 Å². The molecule has 3 nitrogen and oxygen atoms in total. The predicted octanol–water partition coefficient (Wildman–Crippen LogP) is 2.03. The second-order valence-corrected chi connectivity index (χ2v) is 5.47. The zero-order chi connectivity index (χ0) is 11.9. The number of rotatable bonds is 2. The van der Waals surface area contributed by atoms with Crippen molar-refractivity contribution in [3.05, 3.63) is 17.0 Å². The molecule has 0 unspecified atom stereocenters. The van der Waals surface area contributed by atoms with Gasteiger partial charge in [0.05, 0.1) is 5.69 Å². The van der Waals surface area contributed by atoms with Crippen LogP contribution in [0.1, 0.15) is 50.1 Å². The molecule has 0 atom stereocenters. The normalized spacial score (nSPS) is 22.0. The van der Waals surface area contributed by atoms with Crippen LogP contribution in [0.4, 0.5) is 0 Å². The lowest BCUT2D eigenvalue weighted by atomic mass is 9.74. The van der Waals surface area contributed by atoms with E-state index in [1.807, 2.05) is 0 Å². The Bertz CT molecular complexity index is 413. The summed E-state index contributed by atoms with van der Waals surface area (Å²) in [5.74, 6) is 0. The lowest BCUT2D eigenvalue weighted by molar-refractivity contribution is 0.303. The highest BCUT2D eigenvalue weighted by Gasteiger charge is 2.43. The van der Waals surface area contributed by atoms with Gasteiger partial charge in [-0.3, -0.25) is 4.68 Å². The summed E-state index contributed by atoms with van der Waals surface area (Å²) >= 11 is 0. The average Bonchev–Trinajstić information content (AvgIpc) is 2.89. The molecular formula is C14H23N3. The fourth-order valence-electron chi connectivity index (χ4n) is 3.85. The summed E-state index contributed by atoms with van der Waals surface area (Å²) in [6.45, 7) is 7.86. The molecule has 1 spiro atoms. The van der Waals surface area contributed by atoms with Crippen LogP contribution in [-0.4, -0.2) is 22.9 Å². The number of aryl methyl sites for hydroxylation is 2. The first-order chi connectivity index (χ1) is 8.30. The minimum absolute atomic E-state index is 0.472. The van der Waals surface area contributed by atoms with Gasteiger partial charge in [0.15, 0.2) is 0 Å². The van der Waals surface area contributed by atoms with E-state index < -0.39 is 0 Å². The number of hydrogen-bond donors (Lipinski definition) is 1. The van der Waals surface area contributed by atoms with E-state index in [1.165, 1.54) is 50.2 Å². The zero-order valence-corrected chi connectivity index (χ0v) is 11.1. The molecule has 1 aliphatic heterocycles. The van der Waals surface area contributed by atoms with Gasteiger partial charge in [-0.25, -0.2) is 0 Å². The van der Waals surface area contributed by atoms with E-state index in [-0.39, 0.29) is 0 Å². The fraction of sp³-hybridized carbons (Fsp3) is 0.786. The number of nitrogens with zero attached hydrogens (tertiary/aromatic N) is 2. The fourth-order valence-corrected chi connectivity index (χ4v) is 3.85. The molecule has 1 aromatic heterocycles. The molecule has 0 amide bonds. The molecule has 0 radical (unpaired) electrons. The van der Waals surface area contributed by atoms with Crippen LogP contribution in [-0.2, 0) is 24.8 Å². The number of piperidine rings is 1. The van der Waals surface area contributed by atoms with Crippen molar-refractivity contribution in [1.82, 2.24) is 15.1 Å². The van der Waals surface area contributed by atoms with E-state index in [4.69, 9.17) is 5.10 Å². The smallest absolute Gasteiger partial charge is 0.0665 e. The van der Waals surface area contributed by atoms with E-state index in [2.05, 4.69) is 23.8 Å². The van der Waals surface area contributed by atoms with Crippen LogP contribution in [0.5, 0.6) is 0 Å². The third-order valence-corrected chi connectivity index (χ3v) is 4.70. The molecule has 1 fully saturated rings. The topological polar surface area (TPSA) is 29.9 Å². The number of fused-ring (bicyclic) bond motifs is 2. The second-order valence-electron chi connectivity index (χ2n) is 5.47. The lowest BCUT2D eigenvalue weighted by Gasteiger charge is -2.35. The maximum atomic E-state index is 4.83. The van der Waals surface area contributed by atoms with Crippen molar-refractivity contribution in [2.45, 2.75) is 57.9 Å². The Balaban J connectivity index is 2.07. The summed E-state index contributed by atoms with van der Waals surface area (Å²) in [5.41, 5.74) is 5.04. The molecule has 3 rings (SSSR count). The predicted molar refractivity (Wildman–Crippen MR) is 69.4 cm³/mol. The van der Waals surface area contributed by atoms with Gasteiger partial charge in [0.25, 0.3) is 0 Å². The first-order valence-corrected chi connectivity index (χ1v) is 7.10. The van der Waals surface area contributed by atoms with Crippen molar-refractivity contribution < 1.29 is 0 Å². The summed E-state index contributed by atoms with van der Waals surface area (Å²) < 4.78 is 2.24. The van der Waals surface area contributed by atoms with Gasteiger partial charge >= 0.3 is 0 Å².